The first-order valence-electron chi connectivity index (χ1n) is 9.76. The molecule has 0 aliphatic heterocycles. The van der Waals surface area contributed by atoms with E-state index < -0.39 is 0 Å². The summed E-state index contributed by atoms with van der Waals surface area (Å²) in [7, 11) is 0. The fourth-order valence-corrected chi connectivity index (χ4v) is 3.37. The number of carbonyl (C=O) groups excluding carboxylic acids is 1. The van der Waals surface area contributed by atoms with Gasteiger partial charge in [0.25, 0.3) is 11.8 Å². The summed E-state index contributed by atoms with van der Waals surface area (Å²) in [6, 6.07) is 13.7. The lowest BCUT2D eigenvalue weighted by Crippen LogP contribution is -2.32. The zero-order valence-corrected chi connectivity index (χ0v) is 16.8. The first-order chi connectivity index (χ1) is 13.8. The Balaban J connectivity index is 1.53. The van der Waals surface area contributed by atoms with Crippen LogP contribution < -0.4 is 5.32 Å². The monoisotopic (exact) mass is 393 g/mol. The van der Waals surface area contributed by atoms with Crippen LogP contribution in [-0.2, 0) is 10.8 Å². The molecule has 1 N–H and O–H groups in total. The van der Waals surface area contributed by atoms with E-state index in [1.54, 1.807) is 18.2 Å². The second kappa shape index (κ2) is 7.10. The maximum atomic E-state index is 13.2. The van der Waals surface area contributed by atoms with Crippen LogP contribution in [0.15, 0.2) is 53.1 Å². The SMILES string of the molecule is CC(C)(C)c1noc(-c2ccccc2C(=O)NCC2(c3ccc(F)cc3)CC2)n1. The Kier molecular flexibility index (Phi) is 4.73. The van der Waals surface area contributed by atoms with Gasteiger partial charge in [0, 0.05) is 17.4 Å². The highest BCUT2D eigenvalue weighted by atomic mass is 19.1. The van der Waals surface area contributed by atoms with E-state index in [0.29, 0.717) is 29.4 Å². The smallest absolute Gasteiger partial charge is 0.258 e. The first kappa shape index (κ1) is 19.3. The van der Waals surface area contributed by atoms with Gasteiger partial charge in [-0.2, -0.15) is 4.98 Å². The van der Waals surface area contributed by atoms with Crippen LogP contribution in [0.2, 0.25) is 0 Å². The number of rotatable bonds is 5. The third-order valence-electron chi connectivity index (χ3n) is 5.40. The molecular formula is C23H24FN3O2. The number of hydrogen-bond donors (Lipinski definition) is 1. The summed E-state index contributed by atoms with van der Waals surface area (Å²) >= 11 is 0. The van der Waals surface area contributed by atoms with Crippen molar-refractivity contribution >= 4 is 5.91 Å². The quantitative estimate of drug-likeness (QED) is 0.686. The second-order valence-electron chi connectivity index (χ2n) is 8.69. The Labute approximate surface area is 169 Å². The molecule has 0 saturated heterocycles. The van der Waals surface area contributed by atoms with Crippen LogP contribution >= 0.6 is 0 Å². The molecule has 0 radical (unpaired) electrons. The minimum Gasteiger partial charge on any atom is -0.351 e. The van der Waals surface area contributed by atoms with E-state index in [1.165, 1.54) is 12.1 Å². The predicted molar refractivity (Wildman–Crippen MR) is 108 cm³/mol. The van der Waals surface area contributed by atoms with Crippen molar-refractivity contribution in [3.63, 3.8) is 0 Å². The maximum Gasteiger partial charge on any atom is 0.258 e. The molecular weight excluding hydrogens is 369 g/mol. The molecule has 0 atom stereocenters. The highest BCUT2D eigenvalue weighted by Crippen LogP contribution is 2.47. The Bertz CT molecular complexity index is 1030. The highest BCUT2D eigenvalue weighted by molar-refractivity contribution is 6.00. The molecule has 0 unspecified atom stereocenters. The normalized spacial score (nSPS) is 15.2. The fourth-order valence-electron chi connectivity index (χ4n) is 3.37. The van der Waals surface area contributed by atoms with Crippen LogP contribution in [0, 0.1) is 5.82 Å². The van der Waals surface area contributed by atoms with Gasteiger partial charge < -0.3 is 9.84 Å². The minimum absolute atomic E-state index is 0.109. The first-order valence-corrected chi connectivity index (χ1v) is 9.76. The minimum atomic E-state index is -0.253. The number of nitrogens with one attached hydrogen (secondary N) is 1. The fraction of sp³-hybridized carbons (Fsp3) is 0.348. The number of aromatic nitrogens is 2. The van der Waals surface area contributed by atoms with Crippen LogP contribution in [-0.4, -0.2) is 22.6 Å². The number of nitrogens with zero attached hydrogens (tertiary/aromatic N) is 2. The molecule has 4 rings (SSSR count). The summed E-state index contributed by atoms with van der Waals surface area (Å²) in [5.74, 6) is 0.484. The van der Waals surface area contributed by atoms with Crippen molar-refractivity contribution in [1.82, 2.24) is 15.5 Å². The summed E-state index contributed by atoms with van der Waals surface area (Å²) in [6.45, 7) is 6.52. The lowest BCUT2D eigenvalue weighted by molar-refractivity contribution is 0.0950. The van der Waals surface area contributed by atoms with Gasteiger partial charge in [-0.25, -0.2) is 4.39 Å². The van der Waals surface area contributed by atoms with E-state index in [4.69, 9.17) is 4.52 Å². The van der Waals surface area contributed by atoms with Gasteiger partial charge in [0.15, 0.2) is 5.82 Å². The molecule has 29 heavy (non-hydrogen) atoms. The van der Waals surface area contributed by atoms with Gasteiger partial charge in [-0.15, -0.1) is 0 Å². The zero-order valence-electron chi connectivity index (χ0n) is 16.8. The van der Waals surface area contributed by atoms with Crippen LogP contribution in [0.3, 0.4) is 0 Å². The molecule has 3 aromatic rings. The summed E-state index contributed by atoms with van der Waals surface area (Å²) in [5.41, 5.74) is 1.81. The number of hydrogen-bond acceptors (Lipinski definition) is 4. The molecule has 1 aromatic heterocycles. The Morgan fingerprint density at radius 3 is 2.45 bits per heavy atom. The molecule has 1 amide bonds. The van der Waals surface area contributed by atoms with Crippen LogP contribution in [0.5, 0.6) is 0 Å². The molecule has 5 nitrogen and oxygen atoms in total. The van der Waals surface area contributed by atoms with E-state index in [1.807, 2.05) is 39.0 Å². The average molecular weight is 393 g/mol. The lowest BCUT2D eigenvalue weighted by Gasteiger charge is -2.17. The van der Waals surface area contributed by atoms with Crippen LogP contribution in [0.4, 0.5) is 4.39 Å². The second-order valence-corrected chi connectivity index (χ2v) is 8.69. The highest BCUT2D eigenvalue weighted by Gasteiger charge is 2.44. The molecule has 1 aliphatic carbocycles. The Morgan fingerprint density at radius 1 is 1.14 bits per heavy atom. The molecule has 1 fully saturated rings. The molecule has 0 spiro atoms. The summed E-state index contributed by atoms with van der Waals surface area (Å²) in [4.78, 5) is 17.4. The van der Waals surface area contributed by atoms with Gasteiger partial charge >= 0.3 is 0 Å². The van der Waals surface area contributed by atoms with Crippen molar-refractivity contribution in [3.05, 3.63) is 71.3 Å². The standard InChI is InChI=1S/C23H24FN3O2/c1-22(2,3)21-26-20(29-27-21)18-7-5-4-6-17(18)19(28)25-14-23(12-13-23)15-8-10-16(24)11-9-15/h4-11H,12-14H2,1-3H3,(H,25,28). The van der Waals surface area contributed by atoms with Crippen molar-refractivity contribution < 1.29 is 13.7 Å². The van der Waals surface area contributed by atoms with E-state index in [9.17, 15) is 9.18 Å². The van der Waals surface area contributed by atoms with E-state index >= 15 is 0 Å². The van der Waals surface area contributed by atoms with E-state index in [0.717, 1.165) is 18.4 Å². The van der Waals surface area contributed by atoms with Gasteiger partial charge in [-0.3, -0.25) is 4.79 Å². The van der Waals surface area contributed by atoms with Crippen LogP contribution in [0.1, 0.15) is 55.4 Å². The molecule has 1 heterocycles. The Hall–Kier alpha value is -3.02. The van der Waals surface area contributed by atoms with Gasteiger partial charge in [-0.05, 0) is 42.7 Å². The predicted octanol–water partition coefficient (Wildman–Crippen LogP) is 4.63. The van der Waals surface area contributed by atoms with E-state index in [2.05, 4.69) is 15.5 Å². The van der Waals surface area contributed by atoms with E-state index in [-0.39, 0.29) is 22.6 Å². The van der Waals surface area contributed by atoms with Gasteiger partial charge in [0.2, 0.25) is 0 Å². The summed E-state index contributed by atoms with van der Waals surface area (Å²) < 4.78 is 18.7. The zero-order chi connectivity index (χ0) is 20.6. The van der Waals surface area contributed by atoms with Crippen molar-refractivity contribution in [3.8, 4) is 11.5 Å². The molecule has 150 valence electrons. The van der Waals surface area contributed by atoms with Crippen molar-refractivity contribution in [1.29, 1.82) is 0 Å². The molecule has 0 bridgehead atoms. The van der Waals surface area contributed by atoms with Crippen molar-refractivity contribution in [2.24, 2.45) is 0 Å². The van der Waals surface area contributed by atoms with Crippen LogP contribution in [0.25, 0.3) is 11.5 Å². The van der Waals surface area contributed by atoms with Gasteiger partial charge in [0.1, 0.15) is 5.82 Å². The largest absolute Gasteiger partial charge is 0.351 e. The summed E-state index contributed by atoms with van der Waals surface area (Å²) in [5, 5.41) is 7.10. The average Bonchev–Trinajstić information content (AvgIpc) is 3.31. The van der Waals surface area contributed by atoms with Gasteiger partial charge in [-0.1, -0.05) is 50.2 Å². The number of amides is 1. The molecule has 1 aliphatic rings. The molecule has 1 saturated carbocycles. The van der Waals surface area contributed by atoms with Crippen molar-refractivity contribution in [2.45, 2.75) is 44.4 Å². The third-order valence-corrected chi connectivity index (χ3v) is 5.40. The number of halogens is 1. The maximum absolute atomic E-state index is 13.2. The van der Waals surface area contributed by atoms with Gasteiger partial charge in [0.05, 0.1) is 11.1 Å². The topological polar surface area (TPSA) is 68.0 Å². The third kappa shape index (κ3) is 3.92. The van der Waals surface area contributed by atoms with Crippen molar-refractivity contribution in [2.75, 3.05) is 6.54 Å². The molecule has 2 aromatic carbocycles. The lowest BCUT2D eigenvalue weighted by atomic mass is 9.95. The number of carbonyl (C=O) groups is 1. The number of benzene rings is 2. The molecule has 6 heteroatoms. The summed E-state index contributed by atoms with van der Waals surface area (Å²) in [6.07, 6.45) is 1.94. The Morgan fingerprint density at radius 2 is 1.83 bits per heavy atom.